The summed E-state index contributed by atoms with van der Waals surface area (Å²) < 4.78 is 9.99. The van der Waals surface area contributed by atoms with Crippen molar-refractivity contribution in [2.75, 3.05) is 20.0 Å². The SMILES string of the molecule is COc1c(N)c2ccn(O)nc-2c(=O)c1OC. The van der Waals surface area contributed by atoms with Crippen molar-refractivity contribution in [2.45, 2.75) is 0 Å². The largest absolute Gasteiger partial charge is 0.491 e. The number of nitrogen functional groups attached to an aromatic ring is 1. The quantitative estimate of drug-likeness (QED) is 0.571. The molecule has 3 N–H and O–H groups in total. The summed E-state index contributed by atoms with van der Waals surface area (Å²) in [6, 6.07) is 1.47. The summed E-state index contributed by atoms with van der Waals surface area (Å²) in [5.74, 6) is 0.138. The maximum Gasteiger partial charge on any atom is 0.252 e. The summed E-state index contributed by atoms with van der Waals surface area (Å²) in [5, 5.41) is 12.9. The van der Waals surface area contributed by atoms with E-state index in [2.05, 4.69) is 5.10 Å². The van der Waals surface area contributed by atoms with Gasteiger partial charge in [-0.1, -0.05) is 0 Å². The highest BCUT2D eigenvalue weighted by molar-refractivity contribution is 5.83. The third kappa shape index (κ3) is 1.52. The molecule has 7 nitrogen and oxygen atoms in total. The smallest absolute Gasteiger partial charge is 0.252 e. The Labute approximate surface area is 96.3 Å². The standard InChI is InChI=1S/C10H11N3O4/c1-16-9-6(11)5-3-4-13(15)12-7(5)8(14)10(9)17-2/h3-4,15H,11H2,1-2H3. The number of nitrogens with two attached hydrogens (primary N) is 1. The lowest BCUT2D eigenvalue weighted by molar-refractivity contribution is 0.144. The van der Waals surface area contributed by atoms with Crippen LogP contribution in [-0.2, 0) is 0 Å². The number of benzene rings is 1. The molecular weight excluding hydrogens is 226 g/mol. The number of nitrogens with zero attached hydrogens (tertiary/aromatic N) is 2. The molecule has 0 saturated heterocycles. The van der Waals surface area contributed by atoms with Crippen molar-refractivity contribution in [1.82, 2.24) is 9.94 Å². The fraction of sp³-hybridized carbons (Fsp3) is 0.200. The summed E-state index contributed by atoms with van der Waals surface area (Å²) in [6.07, 6.45) is 1.27. The first-order valence-electron chi connectivity index (χ1n) is 4.72. The fourth-order valence-electron chi connectivity index (χ4n) is 1.64. The molecule has 0 fully saturated rings. The van der Waals surface area contributed by atoms with E-state index < -0.39 is 5.43 Å². The van der Waals surface area contributed by atoms with Crippen LogP contribution in [-0.4, -0.2) is 29.4 Å². The van der Waals surface area contributed by atoms with Crippen molar-refractivity contribution in [3.05, 3.63) is 22.5 Å². The summed E-state index contributed by atoms with van der Waals surface area (Å²) >= 11 is 0. The van der Waals surface area contributed by atoms with Gasteiger partial charge in [0.05, 0.1) is 26.1 Å². The molecule has 0 amide bonds. The Morgan fingerprint density at radius 2 is 2.00 bits per heavy atom. The predicted molar refractivity (Wildman–Crippen MR) is 59.8 cm³/mol. The van der Waals surface area contributed by atoms with Gasteiger partial charge in [0.2, 0.25) is 5.75 Å². The summed E-state index contributed by atoms with van der Waals surface area (Å²) in [5.41, 5.74) is 6.02. The molecule has 1 aliphatic heterocycles. The van der Waals surface area contributed by atoms with E-state index in [-0.39, 0.29) is 22.9 Å². The van der Waals surface area contributed by atoms with E-state index in [0.29, 0.717) is 10.4 Å². The van der Waals surface area contributed by atoms with E-state index in [4.69, 9.17) is 15.2 Å². The Balaban J connectivity index is 2.94. The van der Waals surface area contributed by atoms with Gasteiger partial charge in [0.15, 0.2) is 5.75 Å². The minimum atomic E-state index is -0.489. The van der Waals surface area contributed by atoms with Crippen molar-refractivity contribution >= 4 is 5.69 Å². The molecule has 0 unspecified atom stereocenters. The second kappa shape index (κ2) is 3.85. The zero-order valence-electron chi connectivity index (χ0n) is 9.30. The number of hydrogen-bond donors (Lipinski definition) is 2. The first-order valence-corrected chi connectivity index (χ1v) is 4.72. The van der Waals surface area contributed by atoms with Crippen LogP contribution >= 0.6 is 0 Å². The predicted octanol–water partition coefficient (Wildman–Crippen LogP) is 0.185. The maximum atomic E-state index is 12.0. The molecule has 0 aromatic carbocycles. The molecule has 17 heavy (non-hydrogen) atoms. The number of methoxy groups -OCH3 is 2. The van der Waals surface area contributed by atoms with Crippen LogP contribution in [0.15, 0.2) is 17.1 Å². The second-order valence-electron chi connectivity index (χ2n) is 3.31. The highest BCUT2D eigenvalue weighted by Crippen LogP contribution is 2.37. The normalized spacial score (nSPS) is 10.5. The zero-order chi connectivity index (χ0) is 12.6. The van der Waals surface area contributed by atoms with E-state index in [9.17, 15) is 10.0 Å². The molecule has 1 aliphatic carbocycles. The van der Waals surface area contributed by atoms with Gasteiger partial charge in [0, 0.05) is 5.56 Å². The molecule has 2 rings (SSSR count). The minimum Gasteiger partial charge on any atom is -0.491 e. The van der Waals surface area contributed by atoms with Crippen LogP contribution in [0.25, 0.3) is 11.3 Å². The Bertz CT molecular complexity index is 593. The molecular formula is C10H11N3O4. The van der Waals surface area contributed by atoms with Gasteiger partial charge in [-0.2, -0.15) is 0 Å². The van der Waals surface area contributed by atoms with Gasteiger partial charge in [-0.25, -0.2) is 0 Å². The highest BCUT2D eigenvalue weighted by atomic mass is 16.5. The van der Waals surface area contributed by atoms with Gasteiger partial charge in [-0.05, 0) is 6.07 Å². The van der Waals surface area contributed by atoms with Crippen LogP contribution in [0.1, 0.15) is 0 Å². The summed E-state index contributed by atoms with van der Waals surface area (Å²) in [6.45, 7) is 0. The second-order valence-corrected chi connectivity index (χ2v) is 3.31. The number of aromatic nitrogens is 2. The van der Waals surface area contributed by atoms with Crippen LogP contribution in [0.3, 0.4) is 0 Å². The van der Waals surface area contributed by atoms with Crippen molar-refractivity contribution in [3.63, 3.8) is 0 Å². The summed E-state index contributed by atoms with van der Waals surface area (Å²) in [4.78, 5) is 12.5. The highest BCUT2D eigenvalue weighted by Gasteiger charge is 2.23. The average Bonchev–Trinajstić information content (AvgIpc) is 2.33. The molecule has 0 bridgehead atoms. The first kappa shape index (κ1) is 11.1. The lowest BCUT2D eigenvalue weighted by Crippen LogP contribution is -2.17. The van der Waals surface area contributed by atoms with Crippen LogP contribution in [0, 0.1) is 0 Å². The zero-order valence-corrected chi connectivity index (χ0v) is 9.30. The third-order valence-electron chi connectivity index (χ3n) is 2.40. The molecule has 0 radical (unpaired) electrons. The van der Waals surface area contributed by atoms with Crippen LogP contribution in [0.5, 0.6) is 11.5 Å². The van der Waals surface area contributed by atoms with Gasteiger partial charge >= 0.3 is 0 Å². The molecule has 0 spiro atoms. The third-order valence-corrected chi connectivity index (χ3v) is 2.40. The van der Waals surface area contributed by atoms with Gasteiger partial charge in [0.25, 0.3) is 5.43 Å². The Morgan fingerprint density at radius 3 is 2.59 bits per heavy atom. The fourth-order valence-corrected chi connectivity index (χ4v) is 1.64. The van der Waals surface area contributed by atoms with E-state index in [1.165, 1.54) is 26.5 Å². The molecule has 1 heterocycles. The molecule has 0 aromatic rings. The molecule has 7 heteroatoms. The van der Waals surface area contributed by atoms with Crippen molar-refractivity contribution in [1.29, 1.82) is 0 Å². The van der Waals surface area contributed by atoms with Gasteiger partial charge in [0.1, 0.15) is 5.69 Å². The van der Waals surface area contributed by atoms with Gasteiger partial charge < -0.3 is 20.4 Å². The van der Waals surface area contributed by atoms with Gasteiger partial charge in [-0.3, -0.25) is 4.79 Å². The monoisotopic (exact) mass is 237 g/mol. The molecule has 0 atom stereocenters. The van der Waals surface area contributed by atoms with E-state index in [1.807, 2.05) is 0 Å². The minimum absolute atomic E-state index is 0.0187. The molecule has 90 valence electrons. The molecule has 2 aliphatic rings. The topological polar surface area (TPSA) is 99.6 Å². The lowest BCUT2D eigenvalue weighted by atomic mass is 10.1. The Hall–Kier alpha value is -2.44. The van der Waals surface area contributed by atoms with Crippen LogP contribution in [0.2, 0.25) is 0 Å². The Morgan fingerprint density at radius 1 is 1.35 bits per heavy atom. The number of ether oxygens (including phenoxy) is 2. The molecule has 0 saturated carbocycles. The van der Waals surface area contributed by atoms with Crippen LogP contribution in [0.4, 0.5) is 5.69 Å². The van der Waals surface area contributed by atoms with Crippen LogP contribution < -0.4 is 20.6 Å². The van der Waals surface area contributed by atoms with Crippen molar-refractivity contribution in [2.24, 2.45) is 0 Å². The number of fused-ring (bicyclic) bond motifs is 1. The van der Waals surface area contributed by atoms with Crippen molar-refractivity contribution in [3.8, 4) is 22.8 Å². The Kier molecular flexibility index (Phi) is 2.51. The van der Waals surface area contributed by atoms with E-state index >= 15 is 0 Å². The number of rotatable bonds is 2. The maximum absolute atomic E-state index is 12.0. The first-order chi connectivity index (χ1) is 8.10. The lowest BCUT2D eigenvalue weighted by Gasteiger charge is -2.14. The number of anilines is 1. The number of hydrogen-bond acceptors (Lipinski definition) is 6. The van der Waals surface area contributed by atoms with E-state index in [1.54, 1.807) is 0 Å². The molecule has 0 aromatic heterocycles. The van der Waals surface area contributed by atoms with Gasteiger partial charge in [-0.15, -0.1) is 9.94 Å². The summed E-state index contributed by atoms with van der Waals surface area (Å²) in [7, 11) is 2.72. The van der Waals surface area contributed by atoms with E-state index in [0.717, 1.165) is 0 Å². The average molecular weight is 237 g/mol. The van der Waals surface area contributed by atoms with Crippen molar-refractivity contribution < 1.29 is 14.7 Å².